The van der Waals surface area contributed by atoms with Gasteiger partial charge < -0.3 is 4.90 Å². The minimum absolute atomic E-state index is 0.0910. The van der Waals surface area contributed by atoms with Gasteiger partial charge in [0.05, 0.1) is 0 Å². The average Bonchev–Trinajstić information content (AvgIpc) is 3.08. The first-order valence-corrected chi connectivity index (χ1v) is 7.82. The molecule has 0 bridgehead atoms. The molecule has 1 amide bonds. The molecule has 0 aliphatic carbocycles. The Labute approximate surface area is 134 Å². The van der Waals surface area contributed by atoms with Gasteiger partial charge in [-0.2, -0.15) is 5.10 Å². The maximum atomic E-state index is 13.2. The Morgan fingerprint density at radius 1 is 1.17 bits per heavy atom. The van der Waals surface area contributed by atoms with Crippen molar-refractivity contribution in [3.63, 3.8) is 0 Å². The summed E-state index contributed by atoms with van der Waals surface area (Å²) in [5.74, 6) is -0.464. The third-order valence-corrected chi connectivity index (χ3v) is 4.06. The standard InChI is InChI=1S/C16H20FN5O/c17-15-4-1-3-14(11-15)16(23)21-9-7-20(8-10-21)5-2-6-22-13-18-12-19-22/h1,3-4,11-13H,2,5-10H2. The van der Waals surface area contributed by atoms with Crippen LogP contribution in [0.4, 0.5) is 4.39 Å². The van der Waals surface area contributed by atoms with Crippen molar-refractivity contribution in [1.82, 2.24) is 24.6 Å². The van der Waals surface area contributed by atoms with Crippen LogP contribution in [0.3, 0.4) is 0 Å². The number of nitrogens with zero attached hydrogens (tertiary/aromatic N) is 5. The number of hydrogen-bond donors (Lipinski definition) is 0. The highest BCUT2D eigenvalue weighted by Crippen LogP contribution is 2.10. The summed E-state index contributed by atoms with van der Waals surface area (Å²) in [5.41, 5.74) is 0.421. The lowest BCUT2D eigenvalue weighted by atomic mass is 10.1. The maximum absolute atomic E-state index is 13.2. The van der Waals surface area contributed by atoms with Crippen LogP contribution < -0.4 is 0 Å². The van der Waals surface area contributed by atoms with Gasteiger partial charge >= 0.3 is 0 Å². The predicted molar refractivity (Wildman–Crippen MR) is 83.4 cm³/mol. The summed E-state index contributed by atoms with van der Waals surface area (Å²) in [4.78, 5) is 20.4. The lowest BCUT2D eigenvalue weighted by molar-refractivity contribution is 0.0634. The second kappa shape index (κ2) is 7.32. The van der Waals surface area contributed by atoms with Gasteiger partial charge in [0.25, 0.3) is 5.91 Å². The second-order valence-electron chi connectivity index (χ2n) is 5.66. The highest BCUT2D eigenvalue weighted by atomic mass is 19.1. The van der Waals surface area contributed by atoms with Crippen LogP contribution in [0.2, 0.25) is 0 Å². The van der Waals surface area contributed by atoms with E-state index in [0.29, 0.717) is 18.7 Å². The van der Waals surface area contributed by atoms with E-state index in [0.717, 1.165) is 32.6 Å². The van der Waals surface area contributed by atoms with Crippen LogP contribution in [0, 0.1) is 5.82 Å². The molecule has 0 radical (unpaired) electrons. The van der Waals surface area contributed by atoms with Crippen molar-refractivity contribution >= 4 is 5.91 Å². The van der Waals surface area contributed by atoms with E-state index in [4.69, 9.17) is 0 Å². The number of rotatable bonds is 5. The Bertz CT molecular complexity index is 638. The summed E-state index contributed by atoms with van der Waals surface area (Å²) in [5, 5.41) is 4.08. The SMILES string of the molecule is O=C(c1cccc(F)c1)N1CCN(CCCn2cncn2)CC1. The summed E-state index contributed by atoms with van der Waals surface area (Å²) < 4.78 is 15.0. The van der Waals surface area contributed by atoms with Gasteiger partial charge in [-0.3, -0.25) is 14.4 Å². The lowest BCUT2D eigenvalue weighted by Gasteiger charge is -2.34. The van der Waals surface area contributed by atoms with E-state index in [-0.39, 0.29) is 11.7 Å². The molecule has 23 heavy (non-hydrogen) atoms. The molecule has 0 N–H and O–H groups in total. The number of carbonyl (C=O) groups excluding carboxylic acids is 1. The fraction of sp³-hybridized carbons (Fsp3) is 0.438. The van der Waals surface area contributed by atoms with Gasteiger partial charge in [-0.05, 0) is 24.6 Å². The zero-order valence-electron chi connectivity index (χ0n) is 12.9. The monoisotopic (exact) mass is 317 g/mol. The van der Waals surface area contributed by atoms with Crippen LogP contribution in [0.15, 0.2) is 36.9 Å². The van der Waals surface area contributed by atoms with E-state index in [1.54, 1.807) is 23.4 Å². The number of hydrogen-bond acceptors (Lipinski definition) is 4. The molecule has 2 aromatic rings. The highest BCUT2D eigenvalue weighted by molar-refractivity contribution is 5.94. The number of halogens is 1. The Morgan fingerprint density at radius 2 is 2.00 bits per heavy atom. The van der Waals surface area contributed by atoms with Crippen LogP contribution in [0.1, 0.15) is 16.8 Å². The van der Waals surface area contributed by atoms with Gasteiger partial charge in [0.2, 0.25) is 0 Å². The largest absolute Gasteiger partial charge is 0.336 e. The minimum Gasteiger partial charge on any atom is -0.336 e. The van der Waals surface area contributed by atoms with Crippen molar-refractivity contribution < 1.29 is 9.18 Å². The summed E-state index contributed by atoms with van der Waals surface area (Å²) in [6.07, 6.45) is 4.26. The third kappa shape index (κ3) is 4.13. The zero-order valence-corrected chi connectivity index (χ0v) is 12.9. The Balaban J connectivity index is 1.43. The topological polar surface area (TPSA) is 54.3 Å². The van der Waals surface area contributed by atoms with E-state index >= 15 is 0 Å². The summed E-state index contributed by atoms with van der Waals surface area (Å²) in [6, 6.07) is 5.88. The van der Waals surface area contributed by atoms with Crippen molar-refractivity contribution in [1.29, 1.82) is 0 Å². The maximum Gasteiger partial charge on any atom is 0.254 e. The quantitative estimate of drug-likeness (QED) is 0.833. The molecule has 2 heterocycles. The molecule has 3 rings (SSSR count). The summed E-state index contributed by atoms with van der Waals surface area (Å²) in [7, 11) is 0. The van der Waals surface area contributed by atoms with Gasteiger partial charge in [-0.15, -0.1) is 0 Å². The molecular weight excluding hydrogens is 297 g/mol. The van der Waals surface area contributed by atoms with Crippen molar-refractivity contribution in [2.75, 3.05) is 32.7 Å². The minimum atomic E-state index is -0.373. The number of aryl methyl sites for hydroxylation is 1. The smallest absolute Gasteiger partial charge is 0.254 e. The molecule has 1 aliphatic heterocycles. The van der Waals surface area contributed by atoms with E-state index in [2.05, 4.69) is 15.0 Å². The second-order valence-corrected chi connectivity index (χ2v) is 5.66. The van der Waals surface area contributed by atoms with E-state index < -0.39 is 0 Å². The number of amides is 1. The first-order chi connectivity index (χ1) is 11.2. The van der Waals surface area contributed by atoms with E-state index in [9.17, 15) is 9.18 Å². The Hall–Kier alpha value is -2.28. The average molecular weight is 317 g/mol. The predicted octanol–water partition coefficient (Wildman–Crippen LogP) is 1.27. The fourth-order valence-corrected chi connectivity index (χ4v) is 2.78. The molecule has 1 saturated heterocycles. The number of aromatic nitrogens is 3. The van der Waals surface area contributed by atoms with Crippen molar-refractivity contribution in [3.8, 4) is 0 Å². The van der Waals surface area contributed by atoms with Crippen LogP contribution in [-0.4, -0.2) is 63.2 Å². The fourth-order valence-electron chi connectivity index (χ4n) is 2.78. The number of benzene rings is 1. The first-order valence-electron chi connectivity index (χ1n) is 7.82. The molecule has 1 aromatic heterocycles. The normalized spacial score (nSPS) is 15.8. The highest BCUT2D eigenvalue weighted by Gasteiger charge is 2.22. The van der Waals surface area contributed by atoms with Gasteiger partial charge in [-0.1, -0.05) is 6.07 Å². The molecule has 0 saturated carbocycles. The molecule has 1 aliphatic rings. The third-order valence-electron chi connectivity index (χ3n) is 4.06. The number of carbonyl (C=O) groups is 1. The lowest BCUT2D eigenvalue weighted by Crippen LogP contribution is -2.48. The van der Waals surface area contributed by atoms with Crippen molar-refractivity contribution in [2.45, 2.75) is 13.0 Å². The van der Waals surface area contributed by atoms with Gasteiger partial charge in [0, 0.05) is 44.8 Å². The molecule has 1 aromatic carbocycles. The first kappa shape index (κ1) is 15.6. The zero-order chi connectivity index (χ0) is 16.1. The molecule has 0 atom stereocenters. The van der Waals surface area contributed by atoms with Gasteiger partial charge in [0.15, 0.2) is 0 Å². The van der Waals surface area contributed by atoms with Crippen molar-refractivity contribution in [2.24, 2.45) is 0 Å². The summed E-state index contributed by atoms with van der Waals surface area (Å²) >= 11 is 0. The molecule has 122 valence electrons. The van der Waals surface area contributed by atoms with Gasteiger partial charge in [0.1, 0.15) is 18.5 Å². The Kier molecular flexibility index (Phi) is 4.97. The molecule has 1 fully saturated rings. The van der Waals surface area contributed by atoms with Gasteiger partial charge in [-0.25, -0.2) is 9.37 Å². The molecule has 0 spiro atoms. The van der Waals surface area contributed by atoms with Crippen LogP contribution >= 0.6 is 0 Å². The van der Waals surface area contributed by atoms with Crippen molar-refractivity contribution in [3.05, 3.63) is 48.3 Å². The molecule has 7 heteroatoms. The molecule has 0 unspecified atom stereocenters. The van der Waals surface area contributed by atoms with Crippen LogP contribution in [0.5, 0.6) is 0 Å². The van der Waals surface area contributed by atoms with E-state index in [1.165, 1.54) is 18.5 Å². The molecule has 6 nitrogen and oxygen atoms in total. The molecular formula is C16H20FN5O. The van der Waals surface area contributed by atoms with E-state index in [1.807, 2.05) is 4.68 Å². The number of piperazine rings is 1. The van der Waals surface area contributed by atoms with Crippen LogP contribution in [-0.2, 0) is 6.54 Å². The summed E-state index contributed by atoms with van der Waals surface area (Å²) in [6.45, 7) is 4.87. The Morgan fingerprint density at radius 3 is 2.70 bits per heavy atom. The van der Waals surface area contributed by atoms with Crippen LogP contribution in [0.25, 0.3) is 0 Å².